The van der Waals surface area contributed by atoms with E-state index < -0.39 is 26.5 Å². The Balaban J connectivity index is 1.88. The molecule has 0 atom stereocenters. The molecule has 0 radical (unpaired) electrons. The Hall–Kier alpha value is -3.50. The van der Waals surface area contributed by atoms with Crippen LogP contribution in [0.4, 0.5) is 21.5 Å². The molecule has 0 saturated heterocycles. The Labute approximate surface area is 188 Å². The quantitative estimate of drug-likeness (QED) is 0.274. The van der Waals surface area contributed by atoms with Crippen molar-refractivity contribution in [2.24, 2.45) is 5.10 Å². The van der Waals surface area contributed by atoms with Crippen LogP contribution in [0.15, 0.2) is 64.6 Å². The number of hydrogen-bond acceptors (Lipinski definition) is 6. The van der Waals surface area contributed by atoms with Gasteiger partial charge < -0.3 is 0 Å². The average Bonchev–Trinajstić information content (AvgIpc) is 2.72. The van der Waals surface area contributed by atoms with Gasteiger partial charge in [-0.2, -0.15) is 5.10 Å². The lowest BCUT2D eigenvalue weighted by molar-refractivity contribution is -0.384. The number of rotatable bonds is 7. The van der Waals surface area contributed by atoms with Gasteiger partial charge in [-0.1, -0.05) is 35.4 Å². The Bertz CT molecular complexity index is 1310. The lowest BCUT2D eigenvalue weighted by Crippen LogP contribution is -2.14. The minimum Gasteiger partial charge on any atom is -0.279 e. The summed E-state index contributed by atoms with van der Waals surface area (Å²) in [6, 6.07) is 12.6. The lowest BCUT2D eigenvalue weighted by atomic mass is 10.1. The van der Waals surface area contributed by atoms with Crippen LogP contribution in [-0.2, 0) is 10.0 Å². The van der Waals surface area contributed by atoms with E-state index in [1.54, 1.807) is 19.1 Å². The smallest absolute Gasteiger partial charge is 0.279 e. The van der Waals surface area contributed by atoms with Crippen LogP contribution in [0.5, 0.6) is 0 Å². The fraction of sp³-hybridized carbons (Fsp3) is 0.0952. The number of hydrogen-bond donors (Lipinski definition) is 2. The van der Waals surface area contributed by atoms with Gasteiger partial charge in [0.15, 0.2) is 0 Å². The first-order valence-electron chi connectivity index (χ1n) is 9.20. The zero-order valence-corrected chi connectivity index (χ0v) is 18.5. The fourth-order valence-corrected chi connectivity index (χ4v) is 4.22. The van der Waals surface area contributed by atoms with E-state index in [0.29, 0.717) is 11.3 Å². The molecule has 0 aliphatic rings. The maximum atomic E-state index is 13.8. The van der Waals surface area contributed by atoms with Crippen molar-refractivity contribution in [3.05, 3.63) is 92.2 Å². The third-order valence-electron chi connectivity index (χ3n) is 4.48. The van der Waals surface area contributed by atoms with E-state index in [9.17, 15) is 22.9 Å². The number of nitro groups is 1. The van der Waals surface area contributed by atoms with E-state index in [2.05, 4.69) is 15.2 Å². The fourth-order valence-electron chi connectivity index (χ4n) is 2.86. The first kappa shape index (κ1) is 23.2. The van der Waals surface area contributed by atoms with Crippen LogP contribution in [0.25, 0.3) is 0 Å². The van der Waals surface area contributed by atoms with Crippen LogP contribution < -0.4 is 10.1 Å². The minimum atomic E-state index is -4.08. The van der Waals surface area contributed by atoms with Gasteiger partial charge in [-0.15, -0.1) is 0 Å². The molecule has 0 heterocycles. The van der Waals surface area contributed by atoms with Gasteiger partial charge in [0.25, 0.3) is 15.7 Å². The van der Waals surface area contributed by atoms with Gasteiger partial charge in [0.2, 0.25) is 0 Å². The van der Waals surface area contributed by atoms with Crippen molar-refractivity contribution in [2.75, 3.05) is 10.1 Å². The highest BCUT2D eigenvalue weighted by Crippen LogP contribution is 2.29. The number of aryl methyl sites for hydroxylation is 2. The van der Waals surface area contributed by atoms with Crippen molar-refractivity contribution in [3.8, 4) is 0 Å². The zero-order valence-electron chi connectivity index (χ0n) is 17.0. The van der Waals surface area contributed by atoms with E-state index in [-0.39, 0.29) is 21.2 Å². The van der Waals surface area contributed by atoms with Crippen LogP contribution in [-0.4, -0.2) is 19.6 Å². The topological polar surface area (TPSA) is 114 Å². The van der Waals surface area contributed by atoms with Crippen molar-refractivity contribution in [3.63, 3.8) is 0 Å². The summed E-state index contributed by atoms with van der Waals surface area (Å²) in [5.74, 6) is -0.614. The number of halogens is 2. The molecule has 0 aliphatic heterocycles. The van der Waals surface area contributed by atoms with Gasteiger partial charge in [-0.05, 0) is 49.7 Å². The summed E-state index contributed by atoms with van der Waals surface area (Å²) in [6.45, 7) is 3.63. The molecule has 2 N–H and O–H groups in total. The summed E-state index contributed by atoms with van der Waals surface area (Å²) in [5, 5.41) is 15.4. The predicted molar refractivity (Wildman–Crippen MR) is 122 cm³/mol. The Morgan fingerprint density at radius 2 is 1.81 bits per heavy atom. The van der Waals surface area contributed by atoms with Gasteiger partial charge in [0, 0.05) is 11.6 Å². The number of nitrogens with one attached hydrogen (secondary N) is 2. The van der Waals surface area contributed by atoms with Gasteiger partial charge in [-0.3, -0.25) is 20.3 Å². The van der Waals surface area contributed by atoms with Crippen LogP contribution in [0.1, 0.15) is 16.7 Å². The first-order chi connectivity index (χ1) is 15.1. The molecule has 166 valence electrons. The molecule has 0 aliphatic carbocycles. The standard InChI is InChI=1S/C21H18ClFN4O4S/c1-13-6-8-19(14(2)10-13)26-32(30,31)15-7-9-20(21(11-15)27(28)29)25-24-12-16-17(22)4-3-5-18(16)23/h3-12,25-26H,1-2H3/b24-12-. The summed E-state index contributed by atoms with van der Waals surface area (Å²) < 4.78 is 41.8. The van der Waals surface area contributed by atoms with Gasteiger partial charge in [0.05, 0.1) is 26.7 Å². The minimum absolute atomic E-state index is 0.00110. The molecule has 0 amide bonds. The third-order valence-corrected chi connectivity index (χ3v) is 6.17. The SMILES string of the molecule is Cc1ccc(NS(=O)(=O)c2ccc(N/N=C\c3c(F)cccc3Cl)c([N+](=O)[O-])c2)c(C)c1. The van der Waals surface area contributed by atoms with Crippen LogP contribution in [0.2, 0.25) is 5.02 Å². The molecule has 0 bridgehead atoms. The van der Waals surface area contributed by atoms with Gasteiger partial charge >= 0.3 is 0 Å². The van der Waals surface area contributed by atoms with E-state index in [1.807, 2.05) is 13.0 Å². The molecule has 3 aromatic rings. The van der Waals surface area contributed by atoms with Crippen molar-refractivity contribution < 1.29 is 17.7 Å². The largest absolute Gasteiger partial charge is 0.295 e. The number of benzene rings is 3. The van der Waals surface area contributed by atoms with E-state index in [0.717, 1.165) is 17.8 Å². The van der Waals surface area contributed by atoms with E-state index in [1.165, 1.54) is 30.3 Å². The molecule has 0 saturated carbocycles. The van der Waals surface area contributed by atoms with Gasteiger partial charge in [0.1, 0.15) is 11.5 Å². The predicted octanol–water partition coefficient (Wildman–Crippen LogP) is 5.25. The van der Waals surface area contributed by atoms with Crippen molar-refractivity contribution in [2.45, 2.75) is 18.7 Å². The monoisotopic (exact) mass is 476 g/mol. The summed E-state index contributed by atoms with van der Waals surface area (Å²) in [5.41, 5.74) is 3.87. The molecular weight excluding hydrogens is 459 g/mol. The normalized spacial score (nSPS) is 11.5. The molecule has 3 rings (SSSR count). The van der Waals surface area contributed by atoms with E-state index >= 15 is 0 Å². The second kappa shape index (κ2) is 9.33. The Morgan fingerprint density at radius 3 is 2.47 bits per heavy atom. The van der Waals surface area contributed by atoms with E-state index in [4.69, 9.17) is 11.6 Å². The van der Waals surface area contributed by atoms with Crippen LogP contribution >= 0.6 is 11.6 Å². The molecule has 0 aromatic heterocycles. The summed E-state index contributed by atoms with van der Waals surface area (Å²) in [6.07, 6.45) is 1.08. The maximum absolute atomic E-state index is 13.8. The highest BCUT2D eigenvalue weighted by Gasteiger charge is 2.22. The molecular formula is C21H18ClFN4O4S. The Morgan fingerprint density at radius 1 is 1.09 bits per heavy atom. The number of hydrazone groups is 1. The molecule has 11 heteroatoms. The van der Waals surface area contributed by atoms with Crippen LogP contribution in [0, 0.1) is 29.8 Å². The summed E-state index contributed by atoms with van der Waals surface area (Å²) in [4.78, 5) is 10.5. The molecule has 0 fully saturated rings. The highest BCUT2D eigenvalue weighted by molar-refractivity contribution is 7.92. The number of nitro benzene ring substituents is 1. The zero-order chi connectivity index (χ0) is 23.5. The molecule has 0 spiro atoms. The number of nitrogens with zero attached hydrogens (tertiary/aromatic N) is 2. The maximum Gasteiger partial charge on any atom is 0.295 e. The van der Waals surface area contributed by atoms with Crippen molar-refractivity contribution in [1.82, 2.24) is 0 Å². The molecule has 0 unspecified atom stereocenters. The highest BCUT2D eigenvalue weighted by atomic mass is 35.5. The number of sulfonamides is 1. The second-order valence-electron chi connectivity index (χ2n) is 6.87. The second-order valence-corrected chi connectivity index (χ2v) is 8.95. The molecule has 32 heavy (non-hydrogen) atoms. The Kier molecular flexibility index (Phi) is 6.75. The molecule has 8 nitrogen and oxygen atoms in total. The molecule has 3 aromatic carbocycles. The lowest BCUT2D eigenvalue weighted by Gasteiger charge is -2.12. The van der Waals surface area contributed by atoms with Crippen molar-refractivity contribution >= 4 is 44.9 Å². The van der Waals surface area contributed by atoms with Crippen molar-refractivity contribution in [1.29, 1.82) is 0 Å². The first-order valence-corrected chi connectivity index (χ1v) is 11.1. The van der Waals surface area contributed by atoms with Gasteiger partial charge in [-0.25, -0.2) is 12.8 Å². The number of anilines is 2. The summed E-state index contributed by atoms with van der Waals surface area (Å²) >= 11 is 5.91. The van der Waals surface area contributed by atoms with Crippen LogP contribution in [0.3, 0.4) is 0 Å². The average molecular weight is 477 g/mol. The third kappa shape index (κ3) is 5.21. The summed E-state index contributed by atoms with van der Waals surface area (Å²) in [7, 11) is -4.08.